The fourth-order valence-electron chi connectivity index (χ4n) is 2.57. The highest BCUT2D eigenvalue weighted by atomic mass is 35.5. The quantitative estimate of drug-likeness (QED) is 0.738. The first-order valence-corrected chi connectivity index (χ1v) is 6.17. The Hall–Kier alpha value is -1.21. The molecule has 1 aliphatic rings. The first kappa shape index (κ1) is 9.98. The van der Waals surface area contributed by atoms with Gasteiger partial charge in [-0.05, 0) is 29.9 Å². The smallest absolute Gasteiger partial charge is 0.0456 e. The van der Waals surface area contributed by atoms with Gasteiger partial charge in [0.1, 0.15) is 0 Å². The van der Waals surface area contributed by atoms with E-state index in [-0.39, 0.29) is 0 Å². The van der Waals surface area contributed by atoms with Gasteiger partial charge in [-0.3, -0.25) is 0 Å². The highest BCUT2D eigenvalue weighted by Gasteiger charge is 2.22. The molecule has 0 aromatic heterocycles. The minimum atomic E-state index is 0.391. The number of hydrogen-bond acceptors (Lipinski definition) is 1. The number of benzene rings is 2. The summed E-state index contributed by atoms with van der Waals surface area (Å²) in [5, 5.41) is 6.18. The summed E-state index contributed by atoms with van der Waals surface area (Å²) in [7, 11) is 0. The molecule has 2 aromatic rings. The lowest BCUT2D eigenvalue weighted by Crippen LogP contribution is -2.16. The molecule has 1 aliphatic heterocycles. The van der Waals surface area contributed by atoms with Crippen LogP contribution >= 0.6 is 11.6 Å². The number of nitrogens with one attached hydrogen (secondary N) is 1. The Labute approximate surface area is 100 Å². The molecule has 2 heteroatoms. The summed E-state index contributed by atoms with van der Waals surface area (Å²) in [6.07, 6.45) is 1.05. The fourth-order valence-corrected chi connectivity index (χ4v) is 2.76. The topological polar surface area (TPSA) is 12.0 Å². The summed E-state index contributed by atoms with van der Waals surface area (Å²) >= 11 is 5.93. The van der Waals surface area contributed by atoms with Crippen LogP contribution in [0, 0.1) is 6.92 Å². The van der Waals surface area contributed by atoms with Crippen LogP contribution in [0.4, 0.5) is 5.69 Å². The molecule has 0 spiro atoms. The maximum absolute atomic E-state index is 5.93. The highest BCUT2D eigenvalue weighted by Crippen LogP contribution is 2.35. The van der Waals surface area contributed by atoms with Crippen molar-refractivity contribution in [2.24, 2.45) is 0 Å². The first-order chi connectivity index (χ1) is 7.79. The molecule has 1 N–H and O–H groups in total. The van der Waals surface area contributed by atoms with Crippen molar-refractivity contribution in [3.63, 3.8) is 0 Å². The van der Waals surface area contributed by atoms with Crippen molar-refractivity contribution in [2.75, 3.05) is 11.2 Å². The second kappa shape index (κ2) is 3.67. The van der Waals surface area contributed by atoms with Crippen LogP contribution in [0.3, 0.4) is 0 Å². The number of rotatable bonds is 1. The van der Waals surface area contributed by atoms with Crippen molar-refractivity contribution in [3.8, 4) is 0 Å². The summed E-state index contributed by atoms with van der Waals surface area (Å²) < 4.78 is 0. The van der Waals surface area contributed by atoms with E-state index in [4.69, 9.17) is 11.6 Å². The number of alkyl halides is 1. The standard InChI is InChI=1S/C14H14ClN/c1-9-6-10-7-11(8-15)16-14(10)13-5-3-2-4-12(9)13/h2-6,11,16H,7-8H2,1H3. The van der Waals surface area contributed by atoms with Crippen LogP contribution < -0.4 is 5.32 Å². The first-order valence-electron chi connectivity index (χ1n) is 5.63. The van der Waals surface area contributed by atoms with Crippen molar-refractivity contribution in [1.82, 2.24) is 0 Å². The molecule has 0 fully saturated rings. The lowest BCUT2D eigenvalue weighted by Gasteiger charge is -2.09. The molecule has 0 saturated heterocycles. The molecule has 0 saturated carbocycles. The molecule has 3 rings (SSSR count). The van der Waals surface area contributed by atoms with Gasteiger partial charge in [-0.1, -0.05) is 30.3 Å². The monoisotopic (exact) mass is 231 g/mol. The summed E-state index contributed by atoms with van der Waals surface area (Å²) in [6, 6.07) is 11.2. The fraction of sp³-hybridized carbons (Fsp3) is 0.286. The van der Waals surface area contributed by atoms with Crippen LogP contribution in [0.1, 0.15) is 11.1 Å². The number of anilines is 1. The molecular formula is C14H14ClN. The Balaban J connectivity index is 2.26. The van der Waals surface area contributed by atoms with Gasteiger partial charge in [0.2, 0.25) is 0 Å². The lowest BCUT2D eigenvalue weighted by atomic mass is 9.99. The number of halogens is 1. The third kappa shape index (κ3) is 1.39. The van der Waals surface area contributed by atoms with Gasteiger partial charge in [-0.15, -0.1) is 11.6 Å². The van der Waals surface area contributed by atoms with E-state index in [1.165, 1.54) is 27.6 Å². The average molecular weight is 232 g/mol. The Morgan fingerprint density at radius 2 is 2.06 bits per heavy atom. The summed E-state index contributed by atoms with van der Waals surface area (Å²) in [5.41, 5.74) is 4.04. The molecule has 1 heterocycles. The van der Waals surface area contributed by atoms with Gasteiger partial charge >= 0.3 is 0 Å². The minimum absolute atomic E-state index is 0.391. The van der Waals surface area contributed by atoms with Crippen LogP contribution in [-0.4, -0.2) is 11.9 Å². The summed E-state index contributed by atoms with van der Waals surface area (Å²) in [6.45, 7) is 2.18. The SMILES string of the molecule is Cc1cc2c(c3ccccc13)NC(CCl)C2. The van der Waals surface area contributed by atoms with Crippen molar-refractivity contribution in [3.05, 3.63) is 41.5 Å². The molecule has 0 amide bonds. The Bertz CT molecular complexity index is 548. The van der Waals surface area contributed by atoms with Crippen LogP contribution in [-0.2, 0) is 6.42 Å². The zero-order valence-electron chi connectivity index (χ0n) is 9.26. The molecular weight excluding hydrogens is 218 g/mol. The molecule has 0 bridgehead atoms. The van der Waals surface area contributed by atoms with Gasteiger partial charge in [0.05, 0.1) is 0 Å². The molecule has 0 aliphatic carbocycles. The van der Waals surface area contributed by atoms with E-state index in [9.17, 15) is 0 Å². The van der Waals surface area contributed by atoms with Gasteiger partial charge in [0.15, 0.2) is 0 Å². The molecule has 1 atom stereocenters. The van der Waals surface area contributed by atoms with Crippen LogP contribution in [0.15, 0.2) is 30.3 Å². The third-order valence-corrected chi connectivity index (χ3v) is 3.71. The summed E-state index contributed by atoms with van der Waals surface area (Å²) in [4.78, 5) is 0. The number of aryl methyl sites for hydroxylation is 1. The molecule has 0 radical (unpaired) electrons. The van der Waals surface area contributed by atoms with Crippen molar-refractivity contribution < 1.29 is 0 Å². The molecule has 16 heavy (non-hydrogen) atoms. The van der Waals surface area contributed by atoms with E-state index in [1.807, 2.05) is 0 Å². The van der Waals surface area contributed by atoms with Crippen molar-refractivity contribution >= 4 is 28.1 Å². The second-order valence-electron chi connectivity index (χ2n) is 4.47. The lowest BCUT2D eigenvalue weighted by molar-refractivity contribution is 0.846. The van der Waals surface area contributed by atoms with E-state index in [0.717, 1.165) is 6.42 Å². The van der Waals surface area contributed by atoms with Gasteiger partial charge in [0.25, 0.3) is 0 Å². The summed E-state index contributed by atoms with van der Waals surface area (Å²) in [5.74, 6) is 0.669. The predicted molar refractivity (Wildman–Crippen MR) is 70.5 cm³/mol. The van der Waals surface area contributed by atoms with Crippen molar-refractivity contribution in [2.45, 2.75) is 19.4 Å². The number of hydrogen-bond donors (Lipinski definition) is 1. The number of fused-ring (bicyclic) bond motifs is 3. The van der Waals surface area contributed by atoms with Crippen LogP contribution in [0.25, 0.3) is 10.8 Å². The zero-order chi connectivity index (χ0) is 11.1. The molecule has 2 aromatic carbocycles. The second-order valence-corrected chi connectivity index (χ2v) is 4.78. The minimum Gasteiger partial charge on any atom is -0.380 e. The Morgan fingerprint density at radius 1 is 1.31 bits per heavy atom. The zero-order valence-corrected chi connectivity index (χ0v) is 10.0. The van der Waals surface area contributed by atoms with Gasteiger partial charge in [-0.2, -0.15) is 0 Å². The van der Waals surface area contributed by atoms with Crippen molar-refractivity contribution in [1.29, 1.82) is 0 Å². The largest absolute Gasteiger partial charge is 0.380 e. The average Bonchev–Trinajstić information content (AvgIpc) is 2.72. The van der Waals surface area contributed by atoms with E-state index in [1.54, 1.807) is 0 Å². The maximum Gasteiger partial charge on any atom is 0.0456 e. The van der Waals surface area contributed by atoms with E-state index >= 15 is 0 Å². The van der Waals surface area contributed by atoms with Gasteiger partial charge in [0, 0.05) is 23.0 Å². The Kier molecular flexibility index (Phi) is 2.29. The van der Waals surface area contributed by atoms with E-state index < -0.39 is 0 Å². The van der Waals surface area contributed by atoms with Crippen LogP contribution in [0.5, 0.6) is 0 Å². The predicted octanol–water partition coefficient (Wildman–Crippen LogP) is 3.72. The highest BCUT2D eigenvalue weighted by molar-refractivity contribution is 6.18. The third-order valence-electron chi connectivity index (χ3n) is 3.33. The molecule has 82 valence electrons. The molecule has 1 nitrogen and oxygen atoms in total. The normalized spacial score (nSPS) is 18.5. The van der Waals surface area contributed by atoms with E-state index in [0.29, 0.717) is 11.9 Å². The van der Waals surface area contributed by atoms with Gasteiger partial charge in [-0.25, -0.2) is 0 Å². The Morgan fingerprint density at radius 3 is 2.81 bits per heavy atom. The van der Waals surface area contributed by atoms with E-state index in [2.05, 4.69) is 42.6 Å². The van der Waals surface area contributed by atoms with Gasteiger partial charge < -0.3 is 5.32 Å². The van der Waals surface area contributed by atoms with Crippen LogP contribution in [0.2, 0.25) is 0 Å². The maximum atomic E-state index is 5.93. The molecule has 1 unspecified atom stereocenters.